The number of rotatable bonds is 5. The highest BCUT2D eigenvalue weighted by molar-refractivity contribution is 9.10. The molecular weight excluding hydrogens is 404 g/mol. The third-order valence-electron chi connectivity index (χ3n) is 5.67. The van der Waals surface area contributed by atoms with Gasteiger partial charge in [-0.05, 0) is 44.7 Å². The molecule has 1 aromatic carbocycles. The molecule has 1 aromatic rings. The second-order valence-electron chi connectivity index (χ2n) is 7.69. The summed E-state index contributed by atoms with van der Waals surface area (Å²) in [5.74, 6) is 0.915. The van der Waals surface area contributed by atoms with Crippen LogP contribution in [0, 0.1) is 0 Å². The molecule has 0 aliphatic carbocycles. The van der Waals surface area contributed by atoms with Crippen molar-refractivity contribution in [2.45, 2.75) is 25.4 Å². The molecule has 2 N–H and O–H groups in total. The molecule has 0 spiro atoms. The van der Waals surface area contributed by atoms with Crippen LogP contribution in [-0.2, 0) is 0 Å². The fraction of sp³-hybridized carbons (Fsp3) is 0.650. The van der Waals surface area contributed by atoms with Gasteiger partial charge in [0.1, 0.15) is 0 Å². The van der Waals surface area contributed by atoms with Gasteiger partial charge < -0.3 is 20.4 Å². The van der Waals surface area contributed by atoms with Gasteiger partial charge in [-0.15, -0.1) is 0 Å². The number of halogens is 1. The predicted molar refractivity (Wildman–Crippen MR) is 118 cm³/mol. The second-order valence-corrected chi connectivity index (χ2v) is 8.61. The van der Waals surface area contributed by atoms with E-state index in [1.54, 1.807) is 0 Å². The van der Waals surface area contributed by atoms with Crippen LogP contribution in [-0.4, -0.2) is 87.8 Å². The number of piperazine rings is 1. The van der Waals surface area contributed by atoms with E-state index in [4.69, 9.17) is 0 Å². The molecule has 0 saturated carbocycles. The van der Waals surface area contributed by atoms with Crippen LogP contribution in [0.1, 0.15) is 13.3 Å². The van der Waals surface area contributed by atoms with E-state index in [-0.39, 0.29) is 0 Å². The molecular formula is C20H33BrN6. The number of benzene rings is 1. The van der Waals surface area contributed by atoms with Crippen LogP contribution in [0.2, 0.25) is 0 Å². The molecule has 0 bridgehead atoms. The lowest BCUT2D eigenvalue weighted by atomic mass is 10.2. The third-order valence-corrected chi connectivity index (χ3v) is 6.20. The molecule has 0 amide bonds. The number of likely N-dealkylation sites (N-methyl/N-ethyl adjacent to an activating group) is 1. The first-order valence-electron chi connectivity index (χ1n) is 9.95. The molecule has 2 heterocycles. The van der Waals surface area contributed by atoms with Crippen molar-refractivity contribution in [3.05, 3.63) is 28.7 Å². The maximum Gasteiger partial charge on any atom is 0.191 e. The van der Waals surface area contributed by atoms with Crippen molar-refractivity contribution in [3.8, 4) is 0 Å². The second kappa shape index (κ2) is 9.75. The Labute approximate surface area is 172 Å². The van der Waals surface area contributed by atoms with Gasteiger partial charge in [0.15, 0.2) is 5.96 Å². The minimum Gasteiger partial charge on any atom is -0.369 e. The standard InChI is InChI=1S/C20H33BrN6/c1-16(26-12-10-25(3)11-13-26)14-23-20(22-2)24-18-8-9-27(15-18)19-6-4-17(21)5-7-19/h4-7,16,18H,8-15H2,1-3H3,(H2,22,23,24). The predicted octanol–water partition coefficient (Wildman–Crippen LogP) is 1.83. The summed E-state index contributed by atoms with van der Waals surface area (Å²) < 4.78 is 1.12. The van der Waals surface area contributed by atoms with Crippen LogP contribution in [0.15, 0.2) is 33.7 Å². The van der Waals surface area contributed by atoms with E-state index in [0.717, 1.165) is 62.7 Å². The summed E-state index contributed by atoms with van der Waals surface area (Å²) in [6, 6.07) is 9.51. The largest absolute Gasteiger partial charge is 0.369 e. The van der Waals surface area contributed by atoms with Crippen molar-refractivity contribution >= 4 is 27.6 Å². The van der Waals surface area contributed by atoms with Crippen LogP contribution in [0.25, 0.3) is 0 Å². The lowest BCUT2D eigenvalue weighted by Gasteiger charge is -2.36. The summed E-state index contributed by atoms with van der Waals surface area (Å²) in [6.07, 6.45) is 1.13. The summed E-state index contributed by atoms with van der Waals surface area (Å²) in [4.78, 5) is 11.8. The van der Waals surface area contributed by atoms with E-state index in [0.29, 0.717) is 12.1 Å². The number of hydrogen-bond acceptors (Lipinski definition) is 4. The Morgan fingerprint density at radius 3 is 2.56 bits per heavy atom. The van der Waals surface area contributed by atoms with Gasteiger partial charge in [-0.2, -0.15) is 0 Å². The number of hydrogen-bond donors (Lipinski definition) is 2. The molecule has 6 nitrogen and oxygen atoms in total. The normalized spacial score (nSPS) is 23.5. The molecule has 7 heteroatoms. The minimum atomic E-state index is 0.429. The highest BCUT2D eigenvalue weighted by atomic mass is 79.9. The summed E-state index contributed by atoms with van der Waals surface area (Å²) >= 11 is 3.51. The fourth-order valence-corrected chi connectivity index (χ4v) is 4.05. The van der Waals surface area contributed by atoms with Crippen LogP contribution in [0.5, 0.6) is 0 Å². The maximum atomic E-state index is 4.43. The number of guanidine groups is 1. The average Bonchev–Trinajstić information content (AvgIpc) is 3.14. The summed E-state index contributed by atoms with van der Waals surface area (Å²) in [5.41, 5.74) is 1.29. The molecule has 2 atom stereocenters. The van der Waals surface area contributed by atoms with Gasteiger partial charge in [0.05, 0.1) is 0 Å². The SMILES string of the molecule is CN=C(NCC(C)N1CCN(C)CC1)NC1CCN(c2ccc(Br)cc2)C1. The molecule has 2 aliphatic heterocycles. The van der Waals surface area contributed by atoms with E-state index in [1.165, 1.54) is 5.69 Å². The number of anilines is 1. The van der Waals surface area contributed by atoms with E-state index < -0.39 is 0 Å². The van der Waals surface area contributed by atoms with Gasteiger partial charge in [0.25, 0.3) is 0 Å². The first-order chi connectivity index (χ1) is 13.0. The van der Waals surface area contributed by atoms with Gasteiger partial charge >= 0.3 is 0 Å². The van der Waals surface area contributed by atoms with Crippen molar-refractivity contribution in [3.63, 3.8) is 0 Å². The van der Waals surface area contributed by atoms with Crippen LogP contribution in [0.4, 0.5) is 5.69 Å². The van der Waals surface area contributed by atoms with Gasteiger partial charge in [0.2, 0.25) is 0 Å². The van der Waals surface area contributed by atoms with Crippen molar-refractivity contribution in [2.75, 3.05) is 64.8 Å². The number of nitrogens with one attached hydrogen (secondary N) is 2. The molecule has 3 rings (SSSR count). The smallest absolute Gasteiger partial charge is 0.191 e. The Balaban J connectivity index is 1.43. The minimum absolute atomic E-state index is 0.429. The van der Waals surface area contributed by atoms with Crippen LogP contribution < -0.4 is 15.5 Å². The van der Waals surface area contributed by atoms with Crippen LogP contribution in [0.3, 0.4) is 0 Å². The van der Waals surface area contributed by atoms with E-state index in [1.807, 2.05) is 7.05 Å². The summed E-state index contributed by atoms with van der Waals surface area (Å²) in [7, 11) is 4.06. The monoisotopic (exact) mass is 436 g/mol. The zero-order valence-corrected chi connectivity index (χ0v) is 18.4. The van der Waals surface area contributed by atoms with E-state index in [2.05, 4.69) is 84.5 Å². The van der Waals surface area contributed by atoms with Crippen molar-refractivity contribution in [1.29, 1.82) is 0 Å². The molecule has 27 heavy (non-hydrogen) atoms. The van der Waals surface area contributed by atoms with E-state index >= 15 is 0 Å². The van der Waals surface area contributed by atoms with Crippen molar-refractivity contribution in [1.82, 2.24) is 20.4 Å². The maximum absolute atomic E-state index is 4.43. The summed E-state index contributed by atoms with van der Waals surface area (Å²) in [5, 5.41) is 7.13. The number of nitrogens with zero attached hydrogens (tertiary/aromatic N) is 4. The Bertz CT molecular complexity index is 611. The highest BCUT2D eigenvalue weighted by Crippen LogP contribution is 2.22. The van der Waals surface area contributed by atoms with Gasteiger partial charge in [-0.1, -0.05) is 15.9 Å². The Hall–Kier alpha value is -1.31. The fourth-order valence-electron chi connectivity index (χ4n) is 3.79. The zero-order valence-electron chi connectivity index (χ0n) is 16.8. The van der Waals surface area contributed by atoms with E-state index in [9.17, 15) is 0 Å². The first kappa shape index (κ1) is 20.4. The number of aliphatic imine (C=N–C) groups is 1. The topological polar surface area (TPSA) is 46.1 Å². The first-order valence-corrected chi connectivity index (χ1v) is 10.7. The molecule has 0 radical (unpaired) electrons. The van der Waals surface area contributed by atoms with Gasteiger partial charge in [-0.3, -0.25) is 9.89 Å². The molecule has 2 saturated heterocycles. The third kappa shape index (κ3) is 5.83. The summed E-state index contributed by atoms with van der Waals surface area (Å²) in [6.45, 7) is 9.93. The molecule has 2 unspecified atom stereocenters. The Morgan fingerprint density at radius 1 is 1.19 bits per heavy atom. The molecule has 2 fully saturated rings. The highest BCUT2D eigenvalue weighted by Gasteiger charge is 2.24. The van der Waals surface area contributed by atoms with Gasteiger partial charge in [0, 0.05) is 75.1 Å². The lowest BCUT2D eigenvalue weighted by molar-refractivity contribution is 0.120. The average molecular weight is 437 g/mol. The van der Waals surface area contributed by atoms with Crippen molar-refractivity contribution in [2.24, 2.45) is 4.99 Å². The van der Waals surface area contributed by atoms with Crippen molar-refractivity contribution < 1.29 is 0 Å². The Morgan fingerprint density at radius 2 is 1.89 bits per heavy atom. The molecule has 2 aliphatic rings. The Kier molecular flexibility index (Phi) is 7.38. The lowest BCUT2D eigenvalue weighted by Crippen LogP contribution is -2.53. The quantitative estimate of drug-likeness (QED) is 0.544. The molecule has 0 aromatic heterocycles. The van der Waals surface area contributed by atoms with Gasteiger partial charge in [-0.25, -0.2) is 0 Å². The zero-order chi connectivity index (χ0) is 19.2. The molecule has 150 valence electrons. The van der Waals surface area contributed by atoms with Crippen LogP contribution >= 0.6 is 15.9 Å².